The standard InChI is InChI=1S/C16H31N/c1-3-13-9-5-7-11-15(13)17-16-12-8-6-10-14(16)4-2/h13-17H,3-12H2,1-2H3/t13-,14-,15+,16+/m0/s1. The van der Waals surface area contributed by atoms with Gasteiger partial charge >= 0.3 is 0 Å². The van der Waals surface area contributed by atoms with Gasteiger partial charge in [0.25, 0.3) is 0 Å². The van der Waals surface area contributed by atoms with Gasteiger partial charge in [0.05, 0.1) is 0 Å². The summed E-state index contributed by atoms with van der Waals surface area (Å²) in [6.07, 6.45) is 14.4. The maximum Gasteiger partial charge on any atom is 0.00979 e. The highest BCUT2D eigenvalue weighted by Gasteiger charge is 2.29. The normalized spacial score (nSPS) is 39.2. The number of nitrogens with one attached hydrogen (secondary N) is 1. The third-order valence-corrected chi connectivity index (χ3v) is 5.30. The fourth-order valence-corrected chi connectivity index (χ4v) is 4.11. The molecule has 2 saturated carbocycles. The Bertz CT molecular complexity index is 192. The van der Waals surface area contributed by atoms with Crippen LogP contribution in [0.15, 0.2) is 0 Å². The molecule has 2 fully saturated rings. The summed E-state index contributed by atoms with van der Waals surface area (Å²) in [7, 11) is 0. The molecular weight excluding hydrogens is 206 g/mol. The lowest BCUT2D eigenvalue weighted by atomic mass is 9.79. The van der Waals surface area contributed by atoms with E-state index < -0.39 is 0 Å². The Morgan fingerprint density at radius 3 is 1.53 bits per heavy atom. The Labute approximate surface area is 108 Å². The maximum absolute atomic E-state index is 4.06. The number of hydrogen-bond acceptors (Lipinski definition) is 1. The van der Waals surface area contributed by atoms with Gasteiger partial charge in [0.1, 0.15) is 0 Å². The van der Waals surface area contributed by atoms with Crippen molar-refractivity contribution in [3.8, 4) is 0 Å². The van der Waals surface area contributed by atoms with Crippen molar-refractivity contribution < 1.29 is 0 Å². The van der Waals surface area contributed by atoms with Crippen LogP contribution in [-0.4, -0.2) is 12.1 Å². The van der Waals surface area contributed by atoms with E-state index >= 15 is 0 Å². The molecule has 17 heavy (non-hydrogen) atoms. The van der Waals surface area contributed by atoms with E-state index in [1.54, 1.807) is 0 Å². The van der Waals surface area contributed by atoms with Crippen molar-refractivity contribution in [3.05, 3.63) is 0 Å². The SMILES string of the molecule is CC[C@H]1CCCC[C@H]1N[C@@H]1CCCC[C@@H]1CC. The van der Waals surface area contributed by atoms with Gasteiger partial charge in [-0.1, -0.05) is 52.4 Å². The maximum atomic E-state index is 4.06. The lowest BCUT2D eigenvalue weighted by Gasteiger charge is -2.39. The highest BCUT2D eigenvalue weighted by molar-refractivity contribution is 4.87. The molecule has 1 N–H and O–H groups in total. The van der Waals surface area contributed by atoms with Crippen molar-refractivity contribution in [2.75, 3.05) is 0 Å². The molecule has 0 unspecified atom stereocenters. The molecular formula is C16H31N. The first-order valence-electron chi connectivity index (χ1n) is 8.11. The summed E-state index contributed by atoms with van der Waals surface area (Å²) in [6.45, 7) is 4.76. The minimum Gasteiger partial charge on any atom is -0.311 e. The van der Waals surface area contributed by atoms with Gasteiger partial charge in [-0.05, 0) is 37.5 Å². The monoisotopic (exact) mass is 237 g/mol. The van der Waals surface area contributed by atoms with Gasteiger partial charge in [-0.25, -0.2) is 0 Å². The van der Waals surface area contributed by atoms with Crippen LogP contribution in [0, 0.1) is 11.8 Å². The third-order valence-electron chi connectivity index (χ3n) is 5.30. The molecule has 1 nitrogen and oxygen atoms in total. The fraction of sp³-hybridized carbons (Fsp3) is 1.00. The van der Waals surface area contributed by atoms with Gasteiger partial charge in [0.2, 0.25) is 0 Å². The van der Waals surface area contributed by atoms with Crippen LogP contribution in [0.4, 0.5) is 0 Å². The molecule has 0 spiro atoms. The van der Waals surface area contributed by atoms with Gasteiger partial charge in [0.15, 0.2) is 0 Å². The van der Waals surface area contributed by atoms with Gasteiger partial charge in [0, 0.05) is 12.1 Å². The van der Waals surface area contributed by atoms with E-state index in [9.17, 15) is 0 Å². The van der Waals surface area contributed by atoms with Crippen LogP contribution in [0.1, 0.15) is 78.1 Å². The van der Waals surface area contributed by atoms with Gasteiger partial charge < -0.3 is 5.32 Å². The minimum atomic E-state index is 0.839. The van der Waals surface area contributed by atoms with Crippen molar-refractivity contribution in [2.45, 2.75) is 90.1 Å². The molecule has 100 valence electrons. The Balaban J connectivity index is 1.88. The first kappa shape index (κ1) is 13.4. The van der Waals surface area contributed by atoms with Crippen molar-refractivity contribution in [1.82, 2.24) is 5.32 Å². The zero-order valence-corrected chi connectivity index (χ0v) is 11.9. The molecule has 0 aromatic rings. The molecule has 0 saturated heterocycles. The Hall–Kier alpha value is -0.0400. The van der Waals surface area contributed by atoms with Crippen LogP contribution >= 0.6 is 0 Å². The Morgan fingerprint density at radius 1 is 0.706 bits per heavy atom. The second-order valence-electron chi connectivity index (χ2n) is 6.29. The second-order valence-corrected chi connectivity index (χ2v) is 6.29. The number of rotatable bonds is 4. The summed E-state index contributed by atoms with van der Waals surface area (Å²) < 4.78 is 0. The average molecular weight is 237 g/mol. The first-order chi connectivity index (χ1) is 8.35. The van der Waals surface area contributed by atoms with E-state index in [2.05, 4.69) is 19.2 Å². The molecule has 0 bridgehead atoms. The van der Waals surface area contributed by atoms with Crippen molar-refractivity contribution in [3.63, 3.8) is 0 Å². The minimum absolute atomic E-state index is 0.839. The van der Waals surface area contributed by atoms with Crippen LogP contribution in [0.2, 0.25) is 0 Å². The molecule has 4 atom stereocenters. The topological polar surface area (TPSA) is 12.0 Å². The van der Waals surface area contributed by atoms with Crippen LogP contribution in [0.3, 0.4) is 0 Å². The lowest BCUT2D eigenvalue weighted by Crippen LogP contribution is -2.48. The molecule has 0 heterocycles. The molecule has 0 aromatic heterocycles. The van der Waals surface area contributed by atoms with Crippen LogP contribution in [0.5, 0.6) is 0 Å². The quantitative estimate of drug-likeness (QED) is 0.758. The van der Waals surface area contributed by atoms with Gasteiger partial charge in [-0.3, -0.25) is 0 Å². The van der Waals surface area contributed by atoms with E-state index in [-0.39, 0.29) is 0 Å². The lowest BCUT2D eigenvalue weighted by molar-refractivity contribution is 0.179. The van der Waals surface area contributed by atoms with Crippen molar-refractivity contribution >= 4 is 0 Å². The largest absolute Gasteiger partial charge is 0.311 e. The smallest absolute Gasteiger partial charge is 0.00979 e. The predicted octanol–water partition coefficient (Wildman–Crippen LogP) is 4.51. The zero-order chi connectivity index (χ0) is 12.1. The van der Waals surface area contributed by atoms with Gasteiger partial charge in [-0.15, -0.1) is 0 Å². The summed E-state index contributed by atoms with van der Waals surface area (Å²) in [5.41, 5.74) is 0. The predicted molar refractivity (Wildman–Crippen MR) is 75.2 cm³/mol. The molecule has 1 heteroatoms. The fourth-order valence-electron chi connectivity index (χ4n) is 4.11. The van der Waals surface area contributed by atoms with Gasteiger partial charge in [-0.2, -0.15) is 0 Å². The van der Waals surface area contributed by atoms with Crippen LogP contribution in [0.25, 0.3) is 0 Å². The summed E-state index contributed by atoms with van der Waals surface area (Å²) in [5.74, 6) is 1.92. The van der Waals surface area contributed by atoms with Crippen LogP contribution < -0.4 is 5.32 Å². The Kier molecular flexibility index (Phi) is 5.34. The molecule has 0 radical (unpaired) electrons. The van der Waals surface area contributed by atoms with E-state index in [0.29, 0.717) is 0 Å². The van der Waals surface area contributed by atoms with Crippen LogP contribution in [-0.2, 0) is 0 Å². The average Bonchev–Trinajstić information content (AvgIpc) is 2.40. The summed E-state index contributed by atoms with van der Waals surface area (Å²) in [6, 6.07) is 1.68. The summed E-state index contributed by atoms with van der Waals surface area (Å²) in [4.78, 5) is 0. The van der Waals surface area contributed by atoms with E-state index in [1.165, 1.54) is 64.2 Å². The van der Waals surface area contributed by atoms with E-state index in [4.69, 9.17) is 0 Å². The van der Waals surface area contributed by atoms with Crippen molar-refractivity contribution in [2.24, 2.45) is 11.8 Å². The summed E-state index contributed by atoms with van der Waals surface area (Å²) in [5, 5.41) is 4.06. The molecule has 2 rings (SSSR count). The van der Waals surface area contributed by atoms with Crippen molar-refractivity contribution in [1.29, 1.82) is 0 Å². The highest BCUT2D eigenvalue weighted by Crippen LogP contribution is 2.31. The van der Waals surface area contributed by atoms with E-state index in [1.807, 2.05) is 0 Å². The molecule has 0 aromatic carbocycles. The molecule has 0 aliphatic heterocycles. The molecule has 0 amide bonds. The second kappa shape index (κ2) is 6.78. The summed E-state index contributed by atoms with van der Waals surface area (Å²) >= 11 is 0. The molecule has 2 aliphatic carbocycles. The third kappa shape index (κ3) is 3.47. The Morgan fingerprint density at radius 2 is 1.12 bits per heavy atom. The first-order valence-corrected chi connectivity index (χ1v) is 8.11. The zero-order valence-electron chi connectivity index (χ0n) is 11.9. The molecule has 2 aliphatic rings. The highest BCUT2D eigenvalue weighted by atomic mass is 15.0. The van der Waals surface area contributed by atoms with E-state index in [0.717, 1.165) is 23.9 Å². The number of hydrogen-bond donors (Lipinski definition) is 1.